The van der Waals surface area contributed by atoms with Gasteiger partial charge in [0.15, 0.2) is 5.76 Å². The molecular formula is C6H7ClN2O3. The summed E-state index contributed by atoms with van der Waals surface area (Å²) in [7, 11) is 0. The molecule has 0 radical (unpaired) electrons. The van der Waals surface area contributed by atoms with Crippen molar-refractivity contribution < 1.29 is 10.0 Å². The molecule has 1 aliphatic rings. The van der Waals surface area contributed by atoms with Gasteiger partial charge in [0.05, 0.1) is 4.92 Å². The summed E-state index contributed by atoms with van der Waals surface area (Å²) >= 11 is 5.58. The van der Waals surface area contributed by atoms with Gasteiger partial charge in [0.1, 0.15) is 11.7 Å². The highest BCUT2D eigenvalue weighted by atomic mass is 35.5. The van der Waals surface area contributed by atoms with Gasteiger partial charge in [-0.1, -0.05) is 11.6 Å². The van der Waals surface area contributed by atoms with E-state index >= 15 is 0 Å². The zero-order valence-corrected chi connectivity index (χ0v) is 7.05. The summed E-state index contributed by atoms with van der Waals surface area (Å²) in [6.45, 7) is 1.46. The van der Waals surface area contributed by atoms with E-state index < -0.39 is 4.92 Å². The van der Waals surface area contributed by atoms with Crippen molar-refractivity contribution in [2.75, 3.05) is 6.54 Å². The first-order valence-electron chi connectivity index (χ1n) is 3.21. The fourth-order valence-corrected chi connectivity index (χ4v) is 1.01. The fraction of sp³-hybridized carbons (Fsp3) is 0.333. The Morgan fingerprint density at radius 1 is 1.75 bits per heavy atom. The highest BCUT2D eigenvalue weighted by Crippen LogP contribution is 2.21. The predicted molar refractivity (Wildman–Crippen MR) is 43.2 cm³/mol. The lowest BCUT2D eigenvalue weighted by Gasteiger charge is -2.13. The molecule has 2 N–H and O–H groups in total. The molecule has 0 saturated heterocycles. The van der Waals surface area contributed by atoms with E-state index in [0.29, 0.717) is 5.57 Å². The third-order valence-corrected chi connectivity index (χ3v) is 2.01. The van der Waals surface area contributed by atoms with Gasteiger partial charge in [-0.25, -0.2) is 0 Å². The number of hydrogen-bond donors (Lipinski definition) is 2. The van der Waals surface area contributed by atoms with E-state index in [1.54, 1.807) is 0 Å². The van der Waals surface area contributed by atoms with E-state index in [0.717, 1.165) is 0 Å². The number of aliphatic hydroxyl groups excluding tert-OH is 1. The minimum absolute atomic E-state index is 0.0466. The molecule has 0 bridgehead atoms. The molecular weight excluding hydrogens is 184 g/mol. The number of rotatable bonds is 1. The van der Waals surface area contributed by atoms with Crippen LogP contribution >= 0.6 is 11.6 Å². The average Bonchev–Trinajstić information content (AvgIpc) is 2.00. The summed E-state index contributed by atoms with van der Waals surface area (Å²) in [5.74, 6) is -0.344. The van der Waals surface area contributed by atoms with Crippen LogP contribution < -0.4 is 5.32 Å². The summed E-state index contributed by atoms with van der Waals surface area (Å²) in [5.41, 5.74) is 0.0477. The third kappa shape index (κ3) is 1.35. The first-order chi connectivity index (χ1) is 5.54. The molecule has 5 nitrogen and oxygen atoms in total. The number of nitrogens with zero attached hydrogens (tertiary/aromatic N) is 1. The smallest absolute Gasteiger partial charge is 0.306 e. The minimum atomic E-state index is -0.630. The van der Waals surface area contributed by atoms with Gasteiger partial charge in [-0.15, -0.1) is 0 Å². The Hall–Kier alpha value is -1.23. The average molecular weight is 191 g/mol. The number of nitro groups is 1. The molecule has 0 aromatic rings. The maximum atomic E-state index is 10.3. The molecule has 0 atom stereocenters. The van der Waals surface area contributed by atoms with Crippen LogP contribution in [0.5, 0.6) is 0 Å². The van der Waals surface area contributed by atoms with Crippen LogP contribution in [0.4, 0.5) is 0 Å². The predicted octanol–water partition coefficient (Wildman–Crippen LogP) is 1.11. The molecule has 0 saturated carbocycles. The molecule has 12 heavy (non-hydrogen) atoms. The molecule has 6 heteroatoms. The van der Waals surface area contributed by atoms with E-state index in [1.807, 2.05) is 0 Å². The molecule has 1 heterocycles. The fourth-order valence-electron chi connectivity index (χ4n) is 0.849. The molecule has 1 aliphatic heterocycles. The highest BCUT2D eigenvalue weighted by molar-refractivity contribution is 6.29. The molecule has 0 amide bonds. The van der Waals surface area contributed by atoms with Crippen molar-refractivity contribution >= 4 is 11.6 Å². The number of dihydropyridines is 1. The maximum Gasteiger partial charge on any atom is 0.306 e. The quantitative estimate of drug-likeness (QED) is 0.369. The van der Waals surface area contributed by atoms with Gasteiger partial charge in [-0.2, -0.15) is 0 Å². The van der Waals surface area contributed by atoms with Gasteiger partial charge in [0.25, 0.3) is 0 Å². The second-order valence-corrected chi connectivity index (χ2v) is 2.72. The van der Waals surface area contributed by atoms with Crippen molar-refractivity contribution in [1.82, 2.24) is 5.32 Å². The number of nitrogens with one attached hydrogen (secondary N) is 1. The first-order valence-corrected chi connectivity index (χ1v) is 3.59. The van der Waals surface area contributed by atoms with Crippen LogP contribution in [0.2, 0.25) is 0 Å². The second-order valence-electron chi connectivity index (χ2n) is 2.34. The molecule has 0 unspecified atom stereocenters. The lowest BCUT2D eigenvalue weighted by molar-refractivity contribution is -0.429. The van der Waals surface area contributed by atoms with Gasteiger partial charge in [-0.3, -0.25) is 10.1 Å². The van der Waals surface area contributed by atoms with Crippen LogP contribution in [0.15, 0.2) is 22.2 Å². The van der Waals surface area contributed by atoms with Crippen molar-refractivity contribution in [3.05, 3.63) is 32.3 Å². The summed E-state index contributed by atoms with van der Waals surface area (Å²) in [6.07, 6.45) is 0. The van der Waals surface area contributed by atoms with Crippen molar-refractivity contribution in [3.8, 4) is 0 Å². The Morgan fingerprint density at radius 3 is 2.83 bits per heavy atom. The summed E-state index contributed by atoms with van der Waals surface area (Å²) < 4.78 is 0. The van der Waals surface area contributed by atoms with Gasteiger partial charge in [0, 0.05) is 5.57 Å². The van der Waals surface area contributed by atoms with Gasteiger partial charge in [-0.05, 0) is 6.92 Å². The first kappa shape index (κ1) is 8.86. The normalized spacial score (nSPS) is 17.8. The van der Waals surface area contributed by atoms with E-state index in [4.69, 9.17) is 11.6 Å². The summed E-state index contributed by atoms with van der Waals surface area (Å²) in [6, 6.07) is 0. The Balaban J connectivity index is 3.11. The topological polar surface area (TPSA) is 75.4 Å². The Kier molecular flexibility index (Phi) is 2.23. The lowest BCUT2D eigenvalue weighted by atomic mass is 10.2. The van der Waals surface area contributed by atoms with Gasteiger partial charge >= 0.3 is 5.70 Å². The summed E-state index contributed by atoms with van der Waals surface area (Å²) in [5, 5.41) is 22.4. The standard InChI is InChI=1S/C6H7ClN2O3/c1-3-5(10)4(9(11)12)2-8-6(3)7/h8,10H,2H2,1H3. The molecule has 66 valence electrons. The van der Waals surface area contributed by atoms with E-state index in [-0.39, 0.29) is 23.2 Å². The molecule has 0 fully saturated rings. The van der Waals surface area contributed by atoms with Crippen LogP contribution in [0.3, 0.4) is 0 Å². The van der Waals surface area contributed by atoms with Crippen LogP contribution in [0.1, 0.15) is 6.92 Å². The Bertz CT molecular complexity index is 295. The number of halogens is 1. The number of hydrogen-bond acceptors (Lipinski definition) is 4. The van der Waals surface area contributed by atoms with Crippen LogP contribution in [0, 0.1) is 10.1 Å². The van der Waals surface area contributed by atoms with Crippen molar-refractivity contribution in [2.24, 2.45) is 0 Å². The molecule has 0 aliphatic carbocycles. The van der Waals surface area contributed by atoms with Crippen LogP contribution in [-0.4, -0.2) is 16.6 Å². The third-order valence-electron chi connectivity index (χ3n) is 1.59. The molecule has 0 aromatic heterocycles. The van der Waals surface area contributed by atoms with Crippen LogP contribution in [-0.2, 0) is 0 Å². The van der Waals surface area contributed by atoms with E-state index in [1.165, 1.54) is 6.92 Å². The zero-order chi connectivity index (χ0) is 9.30. The minimum Gasteiger partial charge on any atom is -0.502 e. The largest absolute Gasteiger partial charge is 0.502 e. The van der Waals surface area contributed by atoms with Crippen molar-refractivity contribution in [3.63, 3.8) is 0 Å². The van der Waals surface area contributed by atoms with Gasteiger partial charge in [0.2, 0.25) is 0 Å². The molecule has 0 spiro atoms. The highest BCUT2D eigenvalue weighted by Gasteiger charge is 2.25. The van der Waals surface area contributed by atoms with Crippen molar-refractivity contribution in [2.45, 2.75) is 6.92 Å². The lowest BCUT2D eigenvalue weighted by Crippen LogP contribution is -2.25. The Morgan fingerprint density at radius 2 is 2.33 bits per heavy atom. The Labute approximate surface area is 73.5 Å². The molecule has 1 rings (SSSR count). The van der Waals surface area contributed by atoms with Crippen molar-refractivity contribution in [1.29, 1.82) is 0 Å². The summed E-state index contributed by atoms with van der Waals surface area (Å²) in [4.78, 5) is 9.67. The van der Waals surface area contributed by atoms with Gasteiger partial charge < -0.3 is 10.4 Å². The monoisotopic (exact) mass is 190 g/mol. The van der Waals surface area contributed by atoms with E-state index in [9.17, 15) is 15.2 Å². The molecule has 0 aromatic carbocycles. The SMILES string of the molecule is CC1=C(Cl)NCC([N+](=O)[O-])=C1O. The maximum absolute atomic E-state index is 10.3. The second kappa shape index (κ2) is 3.02. The number of aliphatic hydroxyl groups is 1. The zero-order valence-electron chi connectivity index (χ0n) is 6.30. The van der Waals surface area contributed by atoms with Crippen LogP contribution in [0.25, 0.3) is 0 Å². The number of allylic oxidation sites excluding steroid dienone is 1. The van der Waals surface area contributed by atoms with E-state index in [2.05, 4.69) is 5.32 Å².